The summed E-state index contributed by atoms with van der Waals surface area (Å²) >= 11 is 0. The predicted molar refractivity (Wildman–Crippen MR) is 100 cm³/mol. The molecule has 1 aromatic rings. The summed E-state index contributed by atoms with van der Waals surface area (Å²) in [6.07, 6.45) is 6.75. The fourth-order valence-corrected chi connectivity index (χ4v) is 4.16. The summed E-state index contributed by atoms with van der Waals surface area (Å²) < 4.78 is 5.90. The first kappa shape index (κ1) is 17.0. The largest absolute Gasteiger partial charge is 0.377 e. The summed E-state index contributed by atoms with van der Waals surface area (Å²) in [6.45, 7) is 10.6. The number of hydrogen-bond acceptors (Lipinski definition) is 6. The van der Waals surface area contributed by atoms with Crippen molar-refractivity contribution in [2.24, 2.45) is 0 Å². The number of ether oxygens (including phenoxy) is 1. The van der Waals surface area contributed by atoms with E-state index < -0.39 is 0 Å². The van der Waals surface area contributed by atoms with Gasteiger partial charge in [-0.25, -0.2) is 4.98 Å². The number of hydrogen-bond donors (Lipinski definition) is 0. The fourth-order valence-electron chi connectivity index (χ4n) is 4.16. The molecule has 3 saturated heterocycles. The molecular formula is C19H31N5O. The molecule has 0 saturated carbocycles. The van der Waals surface area contributed by atoms with E-state index in [0.29, 0.717) is 6.10 Å². The maximum absolute atomic E-state index is 5.90. The molecule has 4 heterocycles. The highest BCUT2D eigenvalue weighted by atomic mass is 16.5. The molecule has 0 N–H and O–H groups in total. The minimum Gasteiger partial charge on any atom is -0.377 e. The quantitative estimate of drug-likeness (QED) is 0.832. The van der Waals surface area contributed by atoms with Crippen molar-refractivity contribution in [1.82, 2.24) is 14.9 Å². The molecule has 3 aliphatic heterocycles. The Kier molecular flexibility index (Phi) is 5.36. The first-order valence-corrected chi connectivity index (χ1v) is 9.97. The first-order chi connectivity index (χ1) is 12.3. The Balaban J connectivity index is 1.35. The standard InChI is InChI=1S/C19H31N5O/c1-16-14-18(21-19(20-16)24-7-3-4-8-24)23-11-9-22(10-12-23)15-17-6-2-5-13-25-17/h14,17H,2-13,15H2,1H3. The molecule has 6 nitrogen and oxygen atoms in total. The van der Waals surface area contributed by atoms with Crippen LogP contribution in [0.2, 0.25) is 0 Å². The summed E-state index contributed by atoms with van der Waals surface area (Å²) in [6, 6.07) is 2.14. The molecule has 25 heavy (non-hydrogen) atoms. The van der Waals surface area contributed by atoms with Gasteiger partial charge in [0.15, 0.2) is 0 Å². The second-order valence-electron chi connectivity index (χ2n) is 7.64. The lowest BCUT2D eigenvalue weighted by atomic mass is 10.1. The molecular weight excluding hydrogens is 314 g/mol. The Morgan fingerprint density at radius 2 is 1.76 bits per heavy atom. The number of nitrogens with zero attached hydrogens (tertiary/aromatic N) is 5. The first-order valence-electron chi connectivity index (χ1n) is 9.97. The zero-order chi connectivity index (χ0) is 17.1. The van der Waals surface area contributed by atoms with E-state index >= 15 is 0 Å². The average Bonchev–Trinajstić information content (AvgIpc) is 3.17. The van der Waals surface area contributed by atoms with Gasteiger partial charge in [0.2, 0.25) is 5.95 Å². The van der Waals surface area contributed by atoms with E-state index in [2.05, 4.69) is 32.7 Å². The van der Waals surface area contributed by atoms with E-state index in [1.165, 1.54) is 32.1 Å². The topological polar surface area (TPSA) is 44.7 Å². The highest BCUT2D eigenvalue weighted by Crippen LogP contribution is 2.22. The maximum Gasteiger partial charge on any atom is 0.227 e. The van der Waals surface area contributed by atoms with Crippen LogP contribution in [-0.2, 0) is 4.74 Å². The SMILES string of the molecule is Cc1cc(N2CCN(CC3CCCCO3)CC2)nc(N2CCCC2)n1. The van der Waals surface area contributed by atoms with Gasteiger partial charge in [-0.3, -0.25) is 4.90 Å². The molecule has 0 aromatic carbocycles. The van der Waals surface area contributed by atoms with Crippen LogP contribution in [0.15, 0.2) is 6.07 Å². The molecule has 0 bridgehead atoms. The molecule has 6 heteroatoms. The van der Waals surface area contributed by atoms with Gasteiger partial charge in [0.05, 0.1) is 6.10 Å². The van der Waals surface area contributed by atoms with Crippen LogP contribution in [-0.4, -0.2) is 73.4 Å². The molecule has 1 atom stereocenters. The van der Waals surface area contributed by atoms with Crippen molar-refractivity contribution in [3.8, 4) is 0 Å². The van der Waals surface area contributed by atoms with Crippen LogP contribution < -0.4 is 9.80 Å². The van der Waals surface area contributed by atoms with E-state index in [1.54, 1.807) is 0 Å². The molecule has 1 unspecified atom stereocenters. The van der Waals surface area contributed by atoms with Crippen molar-refractivity contribution >= 4 is 11.8 Å². The van der Waals surface area contributed by atoms with Gasteiger partial charge >= 0.3 is 0 Å². The molecule has 0 amide bonds. The fraction of sp³-hybridized carbons (Fsp3) is 0.789. The summed E-state index contributed by atoms with van der Waals surface area (Å²) in [5.41, 5.74) is 1.07. The van der Waals surface area contributed by atoms with Crippen molar-refractivity contribution < 1.29 is 4.74 Å². The van der Waals surface area contributed by atoms with Crippen molar-refractivity contribution in [2.45, 2.75) is 45.1 Å². The van der Waals surface area contributed by atoms with Gasteiger partial charge in [-0.15, -0.1) is 0 Å². The zero-order valence-corrected chi connectivity index (χ0v) is 15.5. The third-order valence-electron chi connectivity index (χ3n) is 5.65. The third kappa shape index (κ3) is 4.23. The van der Waals surface area contributed by atoms with E-state index in [1.807, 2.05) is 0 Å². The van der Waals surface area contributed by atoms with Crippen LogP contribution >= 0.6 is 0 Å². The van der Waals surface area contributed by atoms with Crippen molar-refractivity contribution in [3.63, 3.8) is 0 Å². The van der Waals surface area contributed by atoms with Crippen molar-refractivity contribution in [3.05, 3.63) is 11.8 Å². The maximum atomic E-state index is 5.90. The van der Waals surface area contributed by atoms with Gasteiger partial charge in [0, 0.05) is 64.2 Å². The van der Waals surface area contributed by atoms with Gasteiger partial charge < -0.3 is 14.5 Å². The lowest BCUT2D eigenvalue weighted by Crippen LogP contribution is -2.49. The molecule has 138 valence electrons. The number of aromatic nitrogens is 2. The third-order valence-corrected chi connectivity index (χ3v) is 5.65. The molecule has 3 aliphatic rings. The predicted octanol–water partition coefficient (Wildman–Crippen LogP) is 2.08. The normalized spacial score (nSPS) is 25.6. The van der Waals surface area contributed by atoms with Crippen LogP contribution in [0.5, 0.6) is 0 Å². The van der Waals surface area contributed by atoms with Crippen LogP contribution in [0.1, 0.15) is 37.8 Å². The lowest BCUT2D eigenvalue weighted by molar-refractivity contribution is -0.00646. The number of rotatable bonds is 4. The van der Waals surface area contributed by atoms with Crippen LogP contribution in [0, 0.1) is 6.92 Å². The molecule has 0 radical (unpaired) electrons. The molecule has 3 fully saturated rings. The van der Waals surface area contributed by atoms with Gasteiger partial charge in [0.25, 0.3) is 0 Å². The highest BCUT2D eigenvalue weighted by Gasteiger charge is 2.24. The van der Waals surface area contributed by atoms with Gasteiger partial charge in [-0.2, -0.15) is 4.98 Å². The summed E-state index contributed by atoms with van der Waals surface area (Å²) in [5.74, 6) is 2.02. The van der Waals surface area contributed by atoms with Crippen molar-refractivity contribution in [1.29, 1.82) is 0 Å². The van der Waals surface area contributed by atoms with Gasteiger partial charge in [0.1, 0.15) is 5.82 Å². The smallest absolute Gasteiger partial charge is 0.227 e. The Morgan fingerprint density at radius 3 is 2.48 bits per heavy atom. The Hall–Kier alpha value is -1.40. The lowest BCUT2D eigenvalue weighted by Gasteiger charge is -2.37. The number of anilines is 2. The Morgan fingerprint density at radius 1 is 0.960 bits per heavy atom. The minimum absolute atomic E-state index is 0.448. The Labute approximate surface area is 151 Å². The summed E-state index contributed by atoms with van der Waals surface area (Å²) in [7, 11) is 0. The second kappa shape index (κ2) is 7.87. The van der Waals surface area contributed by atoms with Crippen LogP contribution in [0.3, 0.4) is 0 Å². The zero-order valence-electron chi connectivity index (χ0n) is 15.5. The van der Waals surface area contributed by atoms with E-state index in [4.69, 9.17) is 9.72 Å². The monoisotopic (exact) mass is 345 g/mol. The summed E-state index contributed by atoms with van der Waals surface area (Å²) in [5, 5.41) is 0. The summed E-state index contributed by atoms with van der Waals surface area (Å²) in [4.78, 5) is 16.8. The number of aryl methyl sites for hydroxylation is 1. The minimum atomic E-state index is 0.448. The van der Waals surface area contributed by atoms with E-state index in [9.17, 15) is 0 Å². The van der Waals surface area contributed by atoms with Crippen molar-refractivity contribution in [2.75, 3.05) is 62.2 Å². The van der Waals surface area contributed by atoms with E-state index in [0.717, 1.165) is 69.9 Å². The molecule has 1 aromatic heterocycles. The molecule has 0 aliphatic carbocycles. The van der Waals surface area contributed by atoms with Gasteiger partial charge in [-0.1, -0.05) is 0 Å². The molecule has 4 rings (SSSR count). The Bertz CT molecular complexity index is 561. The average molecular weight is 345 g/mol. The number of piperazine rings is 1. The molecule has 0 spiro atoms. The highest BCUT2D eigenvalue weighted by molar-refractivity contribution is 5.46. The van der Waals surface area contributed by atoms with Crippen LogP contribution in [0.4, 0.5) is 11.8 Å². The van der Waals surface area contributed by atoms with Gasteiger partial charge in [-0.05, 0) is 39.0 Å². The van der Waals surface area contributed by atoms with Crippen LogP contribution in [0.25, 0.3) is 0 Å². The second-order valence-corrected chi connectivity index (χ2v) is 7.64. The van der Waals surface area contributed by atoms with E-state index in [-0.39, 0.29) is 0 Å².